The van der Waals surface area contributed by atoms with E-state index in [4.69, 9.17) is 4.74 Å². The van der Waals surface area contributed by atoms with E-state index in [0.29, 0.717) is 39.0 Å². The SMILES string of the molecule is CCCC1(C(=O)O)CCN(C(=O)CCC(=O)OCC)CC1. The van der Waals surface area contributed by atoms with E-state index in [2.05, 4.69) is 0 Å². The maximum Gasteiger partial charge on any atom is 0.309 e. The summed E-state index contributed by atoms with van der Waals surface area (Å²) in [5.41, 5.74) is -0.688. The molecular formula is C15H25NO5. The molecule has 120 valence electrons. The average Bonchev–Trinajstić information content (AvgIpc) is 2.46. The monoisotopic (exact) mass is 299 g/mol. The minimum absolute atomic E-state index is 0.0855. The highest BCUT2D eigenvalue weighted by Crippen LogP contribution is 2.36. The lowest BCUT2D eigenvalue weighted by molar-refractivity contribution is -0.155. The van der Waals surface area contributed by atoms with Crippen molar-refractivity contribution in [2.45, 2.75) is 52.4 Å². The predicted molar refractivity (Wildman–Crippen MR) is 76.7 cm³/mol. The molecule has 1 N–H and O–H groups in total. The highest BCUT2D eigenvalue weighted by molar-refractivity contribution is 5.82. The van der Waals surface area contributed by atoms with Gasteiger partial charge in [-0.3, -0.25) is 14.4 Å². The van der Waals surface area contributed by atoms with Gasteiger partial charge in [0.2, 0.25) is 5.91 Å². The van der Waals surface area contributed by atoms with Crippen LogP contribution in [0.25, 0.3) is 0 Å². The molecule has 0 aromatic heterocycles. The molecule has 1 aliphatic rings. The molecule has 6 nitrogen and oxygen atoms in total. The van der Waals surface area contributed by atoms with E-state index < -0.39 is 11.4 Å². The maximum absolute atomic E-state index is 12.0. The fourth-order valence-corrected chi connectivity index (χ4v) is 2.83. The lowest BCUT2D eigenvalue weighted by atomic mass is 9.75. The number of hydrogen-bond acceptors (Lipinski definition) is 4. The molecule has 0 saturated carbocycles. The zero-order chi connectivity index (χ0) is 15.9. The van der Waals surface area contributed by atoms with Gasteiger partial charge in [0.1, 0.15) is 0 Å². The Hall–Kier alpha value is -1.59. The van der Waals surface area contributed by atoms with Gasteiger partial charge >= 0.3 is 11.9 Å². The van der Waals surface area contributed by atoms with Crippen molar-refractivity contribution in [2.75, 3.05) is 19.7 Å². The minimum Gasteiger partial charge on any atom is -0.481 e. The molecule has 21 heavy (non-hydrogen) atoms. The number of likely N-dealkylation sites (tertiary alicyclic amines) is 1. The van der Waals surface area contributed by atoms with Gasteiger partial charge < -0.3 is 14.7 Å². The molecule has 6 heteroatoms. The number of nitrogens with zero attached hydrogens (tertiary/aromatic N) is 1. The third kappa shape index (κ3) is 4.72. The van der Waals surface area contributed by atoms with Crippen LogP contribution in [0.3, 0.4) is 0 Å². The maximum atomic E-state index is 12.0. The van der Waals surface area contributed by atoms with E-state index in [-0.39, 0.29) is 24.7 Å². The lowest BCUT2D eigenvalue weighted by Gasteiger charge is -2.38. The first kappa shape index (κ1) is 17.5. The molecule has 0 aromatic rings. The molecule has 1 heterocycles. The highest BCUT2D eigenvalue weighted by Gasteiger charge is 2.41. The summed E-state index contributed by atoms with van der Waals surface area (Å²) in [6.07, 6.45) is 2.66. The van der Waals surface area contributed by atoms with Gasteiger partial charge in [0, 0.05) is 19.5 Å². The number of rotatable bonds is 7. The second kappa shape index (κ2) is 8.00. The van der Waals surface area contributed by atoms with E-state index in [9.17, 15) is 19.5 Å². The number of carbonyl (C=O) groups excluding carboxylic acids is 2. The van der Waals surface area contributed by atoms with Crippen molar-refractivity contribution in [2.24, 2.45) is 5.41 Å². The largest absolute Gasteiger partial charge is 0.481 e. The second-order valence-corrected chi connectivity index (χ2v) is 5.52. The van der Waals surface area contributed by atoms with E-state index in [1.165, 1.54) is 0 Å². The summed E-state index contributed by atoms with van der Waals surface area (Å²) in [5, 5.41) is 9.42. The number of piperidine rings is 1. The van der Waals surface area contributed by atoms with Gasteiger partial charge in [-0.1, -0.05) is 13.3 Å². The van der Waals surface area contributed by atoms with Crippen LogP contribution in [0.15, 0.2) is 0 Å². The smallest absolute Gasteiger partial charge is 0.309 e. The van der Waals surface area contributed by atoms with Crippen LogP contribution >= 0.6 is 0 Å². The van der Waals surface area contributed by atoms with Gasteiger partial charge in [-0.25, -0.2) is 0 Å². The average molecular weight is 299 g/mol. The predicted octanol–water partition coefficient (Wildman–Crippen LogP) is 1.82. The van der Waals surface area contributed by atoms with Crippen molar-refractivity contribution >= 4 is 17.8 Å². The first-order chi connectivity index (χ1) is 9.95. The van der Waals surface area contributed by atoms with Crippen LogP contribution in [0.5, 0.6) is 0 Å². The Labute approximate surface area is 125 Å². The van der Waals surface area contributed by atoms with E-state index in [0.717, 1.165) is 6.42 Å². The molecule has 0 spiro atoms. The van der Waals surface area contributed by atoms with Gasteiger partial charge in [-0.15, -0.1) is 0 Å². The first-order valence-corrected chi connectivity index (χ1v) is 7.62. The van der Waals surface area contributed by atoms with Crippen molar-refractivity contribution in [3.05, 3.63) is 0 Å². The molecule has 0 aromatic carbocycles. The fourth-order valence-electron chi connectivity index (χ4n) is 2.83. The van der Waals surface area contributed by atoms with E-state index in [1.54, 1.807) is 11.8 Å². The van der Waals surface area contributed by atoms with Crippen LogP contribution in [-0.4, -0.2) is 47.5 Å². The summed E-state index contributed by atoms with van der Waals surface area (Å²) in [6, 6.07) is 0. The van der Waals surface area contributed by atoms with Gasteiger partial charge in [-0.05, 0) is 26.2 Å². The number of esters is 1. The molecule has 0 radical (unpaired) electrons. The summed E-state index contributed by atoms with van der Waals surface area (Å²) in [4.78, 5) is 36.4. The number of carboxylic acids is 1. The van der Waals surface area contributed by atoms with Crippen molar-refractivity contribution < 1.29 is 24.2 Å². The molecule has 0 atom stereocenters. The van der Waals surface area contributed by atoms with Crippen LogP contribution in [0.2, 0.25) is 0 Å². The van der Waals surface area contributed by atoms with Crippen LogP contribution in [0.1, 0.15) is 52.4 Å². The van der Waals surface area contributed by atoms with Crippen molar-refractivity contribution in [3.8, 4) is 0 Å². The Morgan fingerprint density at radius 2 is 1.76 bits per heavy atom. The molecule has 0 aliphatic carbocycles. The number of hydrogen-bond donors (Lipinski definition) is 1. The van der Waals surface area contributed by atoms with Crippen LogP contribution in [0, 0.1) is 5.41 Å². The Morgan fingerprint density at radius 1 is 1.14 bits per heavy atom. The number of ether oxygens (including phenoxy) is 1. The molecule has 1 fully saturated rings. The Balaban J connectivity index is 2.46. The van der Waals surface area contributed by atoms with Crippen molar-refractivity contribution in [3.63, 3.8) is 0 Å². The molecule has 1 saturated heterocycles. The molecule has 1 amide bonds. The van der Waals surface area contributed by atoms with E-state index in [1.807, 2.05) is 6.92 Å². The van der Waals surface area contributed by atoms with Crippen LogP contribution in [-0.2, 0) is 19.1 Å². The van der Waals surface area contributed by atoms with Crippen molar-refractivity contribution in [1.82, 2.24) is 4.90 Å². The standard InChI is InChI=1S/C15H25NO5/c1-3-7-15(14(19)20)8-10-16(11-9-15)12(17)5-6-13(18)21-4-2/h3-11H2,1-2H3,(H,19,20). The third-order valence-electron chi connectivity index (χ3n) is 4.10. The summed E-state index contributed by atoms with van der Waals surface area (Å²) in [5.74, 6) is -1.23. The molecule has 0 unspecified atom stereocenters. The summed E-state index contributed by atoms with van der Waals surface area (Å²) in [6.45, 7) is 4.92. The van der Waals surface area contributed by atoms with Crippen LogP contribution < -0.4 is 0 Å². The molecule has 1 rings (SSSR count). The third-order valence-corrected chi connectivity index (χ3v) is 4.10. The lowest BCUT2D eigenvalue weighted by Crippen LogP contribution is -2.46. The quantitative estimate of drug-likeness (QED) is 0.725. The first-order valence-electron chi connectivity index (χ1n) is 7.62. The van der Waals surface area contributed by atoms with Gasteiger partial charge in [0.15, 0.2) is 0 Å². The molecule has 1 aliphatic heterocycles. The second-order valence-electron chi connectivity index (χ2n) is 5.52. The summed E-state index contributed by atoms with van der Waals surface area (Å²) < 4.78 is 4.79. The topological polar surface area (TPSA) is 83.9 Å². The summed E-state index contributed by atoms with van der Waals surface area (Å²) in [7, 11) is 0. The zero-order valence-electron chi connectivity index (χ0n) is 12.9. The molecular weight excluding hydrogens is 274 g/mol. The number of carboxylic acid groups (broad SMARTS) is 1. The Morgan fingerprint density at radius 3 is 2.24 bits per heavy atom. The molecule has 0 bridgehead atoms. The van der Waals surface area contributed by atoms with Crippen molar-refractivity contribution in [1.29, 1.82) is 0 Å². The van der Waals surface area contributed by atoms with Gasteiger partial charge in [0.25, 0.3) is 0 Å². The zero-order valence-corrected chi connectivity index (χ0v) is 12.9. The highest BCUT2D eigenvalue weighted by atomic mass is 16.5. The Kier molecular flexibility index (Phi) is 6.65. The van der Waals surface area contributed by atoms with E-state index >= 15 is 0 Å². The summed E-state index contributed by atoms with van der Waals surface area (Å²) >= 11 is 0. The fraction of sp³-hybridized carbons (Fsp3) is 0.800. The number of carbonyl (C=O) groups is 3. The number of aliphatic carboxylic acids is 1. The number of amides is 1. The normalized spacial score (nSPS) is 17.3. The Bertz CT molecular complexity index is 386. The van der Waals surface area contributed by atoms with Gasteiger partial charge in [-0.2, -0.15) is 0 Å². The van der Waals surface area contributed by atoms with Crippen LogP contribution in [0.4, 0.5) is 0 Å². The minimum atomic E-state index is -0.761. The van der Waals surface area contributed by atoms with Gasteiger partial charge in [0.05, 0.1) is 18.4 Å².